The molecule has 0 aliphatic carbocycles. The number of nitrogens with zero attached hydrogens (tertiary/aromatic N) is 3. The number of thioether (sulfide) groups is 1. The van der Waals surface area contributed by atoms with Gasteiger partial charge in [-0.3, -0.25) is 9.69 Å². The standard InChI is InChI=1S/C20H21N3O3S2/c1-25-9-8-23-19(24)17(28-20(23)27)13-15-12-14-4-2-3-5-16(14)21-18(15)22-6-10-26-11-7-22/h2-5,12-13H,6-11H2,1H3/b17-13+. The van der Waals surface area contributed by atoms with Crippen molar-refractivity contribution in [2.45, 2.75) is 0 Å². The molecule has 2 aromatic rings. The van der Waals surface area contributed by atoms with Crippen molar-refractivity contribution in [3.05, 3.63) is 40.8 Å². The van der Waals surface area contributed by atoms with Gasteiger partial charge >= 0.3 is 0 Å². The zero-order valence-corrected chi connectivity index (χ0v) is 17.2. The summed E-state index contributed by atoms with van der Waals surface area (Å²) in [4.78, 5) is 22.1. The maximum Gasteiger partial charge on any atom is 0.266 e. The van der Waals surface area contributed by atoms with E-state index < -0.39 is 0 Å². The second-order valence-electron chi connectivity index (χ2n) is 6.52. The van der Waals surface area contributed by atoms with Gasteiger partial charge in [0, 0.05) is 31.1 Å². The number of para-hydroxylation sites is 1. The molecule has 2 fully saturated rings. The van der Waals surface area contributed by atoms with Crippen molar-refractivity contribution in [1.82, 2.24) is 9.88 Å². The first-order chi connectivity index (χ1) is 13.7. The molecule has 0 radical (unpaired) electrons. The van der Waals surface area contributed by atoms with Gasteiger partial charge in [-0.25, -0.2) is 4.98 Å². The van der Waals surface area contributed by atoms with Crippen LogP contribution in [0.15, 0.2) is 35.2 Å². The van der Waals surface area contributed by atoms with E-state index in [-0.39, 0.29) is 5.91 Å². The summed E-state index contributed by atoms with van der Waals surface area (Å²) in [6.45, 7) is 3.82. The van der Waals surface area contributed by atoms with Crippen molar-refractivity contribution in [2.75, 3.05) is 51.5 Å². The summed E-state index contributed by atoms with van der Waals surface area (Å²) in [6, 6.07) is 10.1. The van der Waals surface area contributed by atoms with E-state index in [2.05, 4.69) is 11.0 Å². The zero-order chi connectivity index (χ0) is 19.5. The third-order valence-electron chi connectivity index (χ3n) is 4.72. The molecule has 4 rings (SSSR count). The number of carbonyl (C=O) groups is 1. The number of amides is 1. The van der Waals surface area contributed by atoms with Crippen LogP contribution < -0.4 is 4.90 Å². The first-order valence-electron chi connectivity index (χ1n) is 9.14. The van der Waals surface area contributed by atoms with Crippen LogP contribution >= 0.6 is 24.0 Å². The fraction of sp³-hybridized carbons (Fsp3) is 0.350. The van der Waals surface area contributed by atoms with Gasteiger partial charge in [-0.15, -0.1) is 0 Å². The van der Waals surface area contributed by atoms with Gasteiger partial charge in [0.25, 0.3) is 5.91 Å². The average Bonchev–Trinajstić information content (AvgIpc) is 2.99. The van der Waals surface area contributed by atoms with E-state index in [1.807, 2.05) is 30.3 Å². The van der Waals surface area contributed by atoms with E-state index in [0.717, 1.165) is 35.4 Å². The van der Waals surface area contributed by atoms with Crippen molar-refractivity contribution in [3.63, 3.8) is 0 Å². The average molecular weight is 416 g/mol. The number of rotatable bonds is 5. The van der Waals surface area contributed by atoms with Crippen molar-refractivity contribution in [1.29, 1.82) is 0 Å². The molecular formula is C20H21N3O3S2. The number of carbonyl (C=O) groups excluding carboxylic acids is 1. The van der Waals surface area contributed by atoms with Crippen LogP contribution in [-0.2, 0) is 14.3 Å². The monoisotopic (exact) mass is 415 g/mol. The van der Waals surface area contributed by atoms with E-state index in [1.165, 1.54) is 11.8 Å². The van der Waals surface area contributed by atoms with Gasteiger partial charge in [-0.05, 0) is 18.2 Å². The summed E-state index contributed by atoms with van der Waals surface area (Å²) >= 11 is 6.72. The number of hydrogen-bond donors (Lipinski definition) is 0. The summed E-state index contributed by atoms with van der Waals surface area (Å²) < 4.78 is 11.1. The number of pyridine rings is 1. The predicted octanol–water partition coefficient (Wildman–Crippen LogP) is 2.92. The van der Waals surface area contributed by atoms with Gasteiger partial charge in [-0.2, -0.15) is 0 Å². The molecule has 0 N–H and O–H groups in total. The molecular weight excluding hydrogens is 394 g/mol. The molecule has 6 nitrogen and oxygen atoms in total. The van der Waals surface area contributed by atoms with Gasteiger partial charge in [0.15, 0.2) is 0 Å². The van der Waals surface area contributed by atoms with E-state index >= 15 is 0 Å². The summed E-state index contributed by atoms with van der Waals surface area (Å²) in [6.07, 6.45) is 1.91. The lowest BCUT2D eigenvalue weighted by Gasteiger charge is -2.29. The van der Waals surface area contributed by atoms with Crippen molar-refractivity contribution >= 4 is 57.0 Å². The summed E-state index contributed by atoms with van der Waals surface area (Å²) in [5, 5.41) is 1.04. The van der Waals surface area contributed by atoms with Gasteiger partial charge in [0.05, 0.1) is 36.8 Å². The van der Waals surface area contributed by atoms with E-state index in [9.17, 15) is 4.79 Å². The maximum absolute atomic E-state index is 12.8. The molecule has 28 heavy (non-hydrogen) atoms. The summed E-state index contributed by atoms with van der Waals surface area (Å²) in [5.74, 6) is 0.803. The molecule has 1 aromatic heterocycles. The van der Waals surface area contributed by atoms with Crippen molar-refractivity contribution < 1.29 is 14.3 Å². The molecule has 0 bridgehead atoms. The van der Waals surface area contributed by atoms with E-state index in [0.29, 0.717) is 35.6 Å². The second kappa shape index (κ2) is 8.57. The Morgan fingerprint density at radius 3 is 2.89 bits per heavy atom. The molecule has 1 amide bonds. The lowest BCUT2D eigenvalue weighted by atomic mass is 10.1. The number of aromatic nitrogens is 1. The third-order valence-corrected chi connectivity index (χ3v) is 6.10. The second-order valence-corrected chi connectivity index (χ2v) is 8.20. The predicted molar refractivity (Wildman–Crippen MR) is 117 cm³/mol. The van der Waals surface area contributed by atoms with Crippen LogP contribution in [0.4, 0.5) is 5.82 Å². The molecule has 2 aliphatic rings. The lowest BCUT2D eigenvalue weighted by molar-refractivity contribution is -0.122. The topological polar surface area (TPSA) is 54.9 Å². The molecule has 0 unspecified atom stereocenters. The van der Waals surface area contributed by atoms with Crippen LogP contribution in [-0.4, -0.2) is 66.7 Å². The molecule has 2 saturated heterocycles. The van der Waals surface area contributed by atoms with Crippen LogP contribution in [0.3, 0.4) is 0 Å². The molecule has 0 saturated carbocycles. The summed E-state index contributed by atoms with van der Waals surface area (Å²) in [5.41, 5.74) is 1.86. The highest BCUT2D eigenvalue weighted by Crippen LogP contribution is 2.35. The largest absolute Gasteiger partial charge is 0.383 e. The smallest absolute Gasteiger partial charge is 0.266 e. The van der Waals surface area contributed by atoms with Crippen molar-refractivity contribution in [2.24, 2.45) is 0 Å². The number of methoxy groups -OCH3 is 1. The Hall–Kier alpha value is -2.00. The normalized spacial score (nSPS) is 19.2. The van der Waals surface area contributed by atoms with Gasteiger partial charge in [-0.1, -0.05) is 42.2 Å². The Bertz CT molecular complexity index is 941. The van der Waals surface area contributed by atoms with E-state index in [4.69, 9.17) is 26.7 Å². The SMILES string of the molecule is COCCN1C(=O)/C(=C\c2cc3ccccc3nc2N2CCOCC2)SC1=S. The minimum absolute atomic E-state index is 0.0758. The number of morpholine rings is 1. The van der Waals surface area contributed by atoms with Crippen LogP contribution in [0, 0.1) is 0 Å². The van der Waals surface area contributed by atoms with Crippen molar-refractivity contribution in [3.8, 4) is 0 Å². The van der Waals surface area contributed by atoms with Crippen LogP contribution in [0.25, 0.3) is 17.0 Å². The number of thiocarbonyl (C=S) groups is 1. The van der Waals surface area contributed by atoms with Crippen LogP contribution in [0.5, 0.6) is 0 Å². The number of hydrogen-bond acceptors (Lipinski definition) is 7. The van der Waals surface area contributed by atoms with Gasteiger partial charge in [0.1, 0.15) is 10.1 Å². The summed E-state index contributed by atoms with van der Waals surface area (Å²) in [7, 11) is 1.61. The molecule has 0 atom stereocenters. The highest BCUT2D eigenvalue weighted by Gasteiger charge is 2.32. The maximum atomic E-state index is 12.8. The quantitative estimate of drug-likeness (QED) is 0.550. The highest BCUT2D eigenvalue weighted by molar-refractivity contribution is 8.26. The highest BCUT2D eigenvalue weighted by atomic mass is 32.2. The molecule has 2 aliphatic heterocycles. The minimum atomic E-state index is -0.0758. The first-order valence-corrected chi connectivity index (χ1v) is 10.4. The van der Waals surface area contributed by atoms with Gasteiger partial charge < -0.3 is 14.4 Å². The Morgan fingerprint density at radius 2 is 2.11 bits per heavy atom. The van der Waals surface area contributed by atoms with Crippen LogP contribution in [0.2, 0.25) is 0 Å². The molecule has 146 valence electrons. The Morgan fingerprint density at radius 1 is 1.32 bits per heavy atom. The van der Waals surface area contributed by atoms with Gasteiger partial charge in [0.2, 0.25) is 0 Å². The Labute approximate surface area is 173 Å². The Balaban J connectivity index is 1.73. The first kappa shape index (κ1) is 19.3. The lowest BCUT2D eigenvalue weighted by Crippen LogP contribution is -2.37. The third kappa shape index (κ3) is 3.91. The molecule has 0 spiro atoms. The number of benzene rings is 1. The van der Waals surface area contributed by atoms with Crippen LogP contribution in [0.1, 0.15) is 5.56 Å². The number of fused-ring (bicyclic) bond motifs is 1. The fourth-order valence-corrected chi connectivity index (χ4v) is 4.57. The molecule has 1 aromatic carbocycles. The Kier molecular flexibility index (Phi) is 5.91. The van der Waals surface area contributed by atoms with E-state index in [1.54, 1.807) is 12.0 Å². The zero-order valence-electron chi connectivity index (χ0n) is 15.6. The molecule has 8 heteroatoms. The number of ether oxygens (including phenoxy) is 2. The number of anilines is 1. The molecule has 3 heterocycles. The minimum Gasteiger partial charge on any atom is -0.383 e. The fourth-order valence-electron chi connectivity index (χ4n) is 3.27.